The first kappa shape index (κ1) is 14.7. The Kier molecular flexibility index (Phi) is 5.03. The van der Waals surface area contributed by atoms with Gasteiger partial charge in [-0.05, 0) is 18.2 Å². The van der Waals surface area contributed by atoms with Gasteiger partial charge in [-0.3, -0.25) is 0 Å². The second-order valence-corrected chi connectivity index (χ2v) is 8.56. The van der Waals surface area contributed by atoms with E-state index >= 15 is 0 Å². The molecule has 4 unspecified atom stereocenters. The minimum Gasteiger partial charge on any atom is -0.323 e. The van der Waals surface area contributed by atoms with E-state index in [2.05, 4.69) is 29.8 Å². The first-order chi connectivity index (χ1) is 8.49. The smallest absolute Gasteiger partial charge is 0.128 e. The molecule has 0 bridgehead atoms. The summed E-state index contributed by atoms with van der Waals surface area (Å²) in [6.07, 6.45) is 0. The molecule has 1 aromatic rings. The van der Waals surface area contributed by atoms with Crippen molar-refractivity contribution in [2.24, 2.45) is 5.73 Å². The van der Waals surface area contributed by atoms with Gasteiger partial charge in [0, 0.05) is 37.6 Å². The highest BCUT2D eigenvalue weighted by molar-refractivity contribution is 9.10. The van der Waals surface area contributed by atoms with Gasteiger partial charge in [0.2, 0.25) is 0 Å². The van der Waals surface area contributed by atoms with Crippen LogP contribution in [0, 0.1) is 5.82 Å². The van der Waals surface area contributed by atoms with E-state index in [1.807, 2.05) is 23.5 Å². The van der Waals surface area contributed by atoms with E-state index in [1.165, 1.54) is 6.07 Å². The molecule has 1 aliphatic heterocycles. The molecule has 1 aromatic carbocycles. The Morgan fingerprint density at radius 3 is 2.78 bits per heavy atom. The van der Waals surface area contributed by atoms with Gasteiger partial charge in [0.05, 0.1) is 0 Å². The maximum atomic E-state index is 13.8. The highest BCUT2D eigenvalue weighted by atomic mass is 79.9. The zero-order valence-electron chi connectivity index (χ0n) is 10.4. The number of nitrogens with two attached hydrogens (primary N) is 1. The van der Waals surface area contributed by atoms with Crippen LogP contribution >= 0.6 is 39.5 Å². The molecule has 100 valence electrons. The molecule has 5 heteroatoms. The Morgan fingerprint density at radius 1 is 1.39 bits per heavy atom. The summed E-state index contributed by atoms with van der Waals surface area (Å²) in [7, 11) is 0. The van der Waals surface area contributed by atoms with Crippen molar-refractivity contribution in [3.8, 4) is 0 Å². The fourth-order valence-electron chi connectivity index (χ4n) is 1.97. The van der Waals surface area contributed by atoms with Crippen molar-refractivity contribution in [1.82, 2.24) is 0 Å². The summed E-state index contributed by atoms with van der Waals surface area (Å²) in [5.41, 5.74) is 6.87. The topological polar surface area (TPSA) is 26.0 Å². The summed E-state index contributed by atoms with van der Waals surface area (Å²) in [5, 5.41) is 1.49. The van der Waals surface area contributed by atoms with E-state index in [-0.39, 0.29) is 17.1 Å². The van der Waals surface area contributed by atoms with Crippen LogP contribution in [0.15, 0.2) is 22.7 Å². The van der Waals surface area contributed by atoms with E-state index in [9.17, 15) is 4.39 Å². The van der Waals surface area contributed by atoms with Crippen LogP contribution in [0.1, 0.15) is 25.5 Å². The zero-order valence-corrected chi connectivity index (χ0v) is 13.6. The van der Waals surface area contributed by atoms with Crippen molar-refractivity contribution < 1.29 is 4.39 Å². The molecule has 0 saturated carbocycles. The summed E-state index contributed by atoms with van der Waals surface area (Å²) in [6.45, 7) is 4.46. The second kappa shape index (κ2) is 6.16. The molecule has 0 aromatic heterocycles. The van der Waals surface area contributed by atoms with Gasteiger partial charge in [-0.15, -0.1) is 0 Å². The molecule has 4 atom stereocenters. The van der Waals surface area contributed by atoms with Crippen molar-refractivity contribution in [3.05, 3.63) is 34.1 Å². The Morgan fingerprint density at radius 2 is 2.11 bits per heavy atom. The summed E-state index contributed by atoms with van der Waals surface area (Å²) >= 11 is 7.19. The van der Waals surface area contributed by atoms with Crippen molar-refractivity contribution in [3.63, 3.8) is 0 Å². The van der Waals surface area contributed by atoms with Gasteiger partial charge in [-0.25, -0.2) is 4.39 Å². The molecule has 0 spiro atoms. The van der Waals surface area contributed by atoms with Crippen LogP contribution in [0.3, 0.4) is 0 Å². The highest BCUT2D eigenvalue weighted by Crippen LogP contribution is 2.40. The van der Waals surface area contributed by atoms with Crippen LogP contribution in [-0.2, 0) is 0 Å². The largest absolute Gasteiger partial charge is 0.323 e. The lowest BCUT2D eigenvalue weighted by Crippen LogP contribution is -2.34. The van der Waals surface area contributed by atoms with Crippen LogP contribution in [0.25, 0.3) is 0 Å². The normalized spacial score (nSPS) is 30.2. The van der Waals surface area contributed by atoms with Crippen molar-refractivity contribution in [2.75, 3.05) is 5.75 Å². The fourth-order valence-corrected chi connectivity index (χ4v) is 5.38. The van der Waals surface area contributed by atoms with Gasteiger partial charge >= 0.3 is 0 Å². The number of benzene rings is 1. The lowest BCUT2D eigenvalue weighted by Gasteiger charge is -2.34. The average molecular weight is 350 g/mol. The number of hydrogen-bond acceptors (Lipinski definition) is 3. The van der Waals surface area contributed by atoms with E-state index < -0.39 is 0 Å². The fraction of sp³-hybridized carbons (Fsp3) is 0.538. The molecular formula is C13H17BrFNS2. The van der Waals surface area contributed by atoms with Gasteiger partial charge in [0.1, 0.15) is 5.82 Å². The molecular weight excluding hydrogens is 333 g/mol. The van der Waals surface area contributed by atoms with Gasteiger partial charge < -0.3 is 5.73 Å². The number of rotatable bonds is 2. The first-order valence-corrected chi connectivity index (χ1v) is 8.75. The maximum absolute atomic E-state index is 13.8. The Balaban J connectivity index is 2.16. The molecule has 0 radical (unpaired) electrons. The van der Waals surface area contributed by atoms with E-state index in [4.69, 9.17) is 5.73 Å². The van der Waals surface area contributed by atoms with Crippen LogP contribution in [0.4, 0.5) is 4.39 Å². The van der Waals surface area contributed by atoms with Crippen LogP contribution in [-0.4, -0.2) is 21.5 Å². The molecule has 0 aliphatic carbocycles. The molecule has 0 amide bonds. The standard InChI is InChI=1S/C13H17BrFNS2/c1-7-8(2)18-12(6-17-7)13(16)10-5-9(14)3-4-11(10)15/h3-5,7-8,12-13H,6,16H2,1-2H3. The third-order valence-corrected chi connectivity index (χ3v) is 7.30. The SMILES string of the molecule is CC1SCC(C(N)c2cc(Br)ccc2F)SC1C. The summed E-state index contributed by atoms with van der Waals surface area (Å²) < 4.78 is 14.7. The number of thioether (sulfide) groups is 2. The molecule has 1 aliphatic rings. The molecule has 1 nitrogen and oxygen atoms in total. The van der Waals surface area contributed by atoms with Crippen molar-refractivity contribution >= 4 is 39.5 Å². The predicted octanol–water partition coefficient (Wildman–Crippen LogP) is 4.21. The third-order valence-electron chi connectivity index (χ3n) is 3.29. The Hall–Kier alpha value is 0.290. The first-order valence-electron chi connectivity index (χ1n) is 5.96. The Bertz CT molecular complexity index is 429. The lowest BCUT2D eigenvalue weighted by atomic mass is 10.0. The van der Waals surface area contributed by atoms with E-state index in [0.29, 0.717) is 16.1 Å². The third kappa shape index (κ3) is 3.24. The second-order valence-electron chi connectivity index (χ2n) is 4.61. The minimum absolute atomic E-state index is 0.206. The van der Waals surface area contributed by atoms with Crippen LogP contribution < -0.4 is 5.73 Å². The van der Waals surface area contributed by atoms with Crippen molar-refractivity contribution in [2.45, 2.75) is 35.6 Å². The quantitative estimate of drug-likeness (QED) is 0.865. The minimum atomic E-state index is -0.241. The number of hydrogen-bond donors (Lipinski definition) is 1. The number of halogens is 2. The molecule has 1 fully saturated rings. The monoisotopic (exact) mass is 349 g/mol. The Labute approximate surface area is 125 Å². The molecule has 1 heterocycles. The summed E-state index contributed by atoms with van der Waals surface area (Å²) in [5.74, 6) is 0.783. The van der Waals surface area contributed by atoms with Gasteiger partial charge in [0.15, 0.2) is 0 Å². The molecule has 2 N–H and O–H groups in total. The molecule has 1 saturated heterocycles. The van der Waals surface area contributed by atoms with Crippen molar-refractivity contribution in [1.29, 1.82) is 0 Å². The lowest BCUT2D eigenvalue weighted by molar-refractivity contribution is 0.578. The zero-order chi connectivity index (χ0) is 13.3. The van der Waals surface area contributed by atoms with Gasteiger partial charge in [-0.2, -0.15) is 23.5 Å². The molecule has 18 heavy (non-hydrogen) atoms. The summed E-state index contributed by atoms with van der Waals surface area (Å²) in [6, 6.07) is 4.74. The van der Waals surface area contributed by atoms with Crippen LogP contribution in [0.5, 0.6) is 0 Å². The van der Waals surface area contributed by atoms with Gasteiger partial charge in [0.25, 0.3) is 0 Å². The average Bonchev–Trinajstić information content (AvgIpc) is 2.35. The van der Waals surface area contributed by atoms with E-state index in [1.54, 1.807) is 12.1 Å². The maximum Gasteiger partial charge on any atom is 0.128 e. The highest BCUT2D eigenvalue weighted by Gasteiger charge is 2.31. The van der Waals surface area contributed by atoms with Crippen LogP contribution in [0.2, 0.25) is 0 Å². The van der Waals surface area contributed by atoms with Gasteiger partial charge in [-0.1, -0.05) is 29.8 Å². The van der Waals surface area contributed by atoms with E-state index in [0.717, 1.165) is 10.2 Å². The summed E-state index contributed by atoms with van der Waals surface area (Å²) in [4.78, 5) is 0. The predicted molar refractivity (Wildman–Crippen MR) is 83.8 cm³/mol. The molecule has 2 rings (SSSR count).